The van der Waals surface area contributed by atoms with E-state index in [9.17, 15) is 0 Å². The van der Waals surface area contributed by atoms with Gasteiger partial charge in [-0.2, -0.15) is 0 Å². The lowest BCUT2D eigenvalue weighted by molar-refractivity contribution is 0.363. The van der Waals surface area contributed by atoms with Gasteiger partial charge in [-0.15, -0.1) is 11.3 Å². The molecule has 4 heteroatoms. The number of aromatic nitrogens is 1. The monoisotopic (exact) mass is 309 g/mol. The molecule has 0 aliphatic carbocycles. The average molecular weight is 310 g/mol. The van der Waals surface area contributed by atoms with Gasteiger partial charge in [-0.05, 0) is 52.9 Å². The van der Waals surface area contributed by atoms with Gasteiger partial charge < -0.3 is 10.2 Å². The predicted molar refractivity (Wildman–Crippen MR) is 93.3 cm³/mol. The number of thiazole rings is 1. The molecule has 0 amide bonds. The Morgan fingerprint density at radius 2 is 2.05 bits per heavy atom. The molecule has 0 saturated carbocycles. The van der Waals surface area contributed by atoms with E-state index in [0.29, 0.717) is 6.04 Å². The highest BCUT2D eigenvalue weighted by Gasteiger charge is 2.27. The smallest absolute Gasteiger partial charge is 0.186 e. The van der Waals surface area contributed by atoms with E-state index in [2.05, 4.69) is 51.8 Å². The van der Waals surface area contributed by atoms with Crippen molar-refractivity contribution in [1.29, 1.82) is 0 Å². The van der Waals surface area contributed by atoms with E-state index in [1.54, 1.807) is 0 Å². The number of aryl methyl sites for hydroxylation is 1. The van der Waals surface area contributed by atoms with Crippen molar-refractivity contribution in [2.45, 2.75) is 78.9 Å². The Bertz CT molecular complexity index is 461. The van der Waals surface area contributed by atoms with Crippen LogP contribution in [0.4, 0.5) is 5.13 Å². The van der Waals surface area contributed by atoms with Crippen LogP contribution in [0.1, 0.15) is 65.0 Å². The van der Waals surface area contributed by atoms with Crippen LogP contribution in [0.5, 0.6) is 0 Å². The maximum Gasteiger partial charge on any atom is 0.186 e. The molecule has 1 aromatic rings. The number of nitrogens with zero attached hydrogens (tertiary/aromatic N) is 2. The molecule has 0 radical (unpaired) electrons. The fourth-order valence-electron chi connectivity index (χ4n) is 2.86. The molecule has 0 bridgehead atoms. The van der Waals surface area contributed by atoms with E-state index >= 15 is 0 Å². The first kappa shape index (κ1) is 16.8. The highest BCUT2D eigenvalue weighted by Crippen LogP contribution is 2.33. The third-order valence-corrected chi connectivity index (χ3v) is 5.64. The molecular formula is C17H31N3S. The second-order valence-electron chi connectivity index (χ2n) is 7.38. The fraction of sp³-hybridized carbons (Fsp3) is 0.824. The van der Waals surface area contributed by atoms with Gasteiger partial charge in [0.25, 0.3) is 0 Å². The fourth-order valence-corrected chi connectivity index (χ4v) is 4.06. The number of anilines is 1. The summed E-state index contributed by atoms with van der Waals surface area (Å²) in [7, 11) is 0. The second kappa shape index (κ2) is 6.66. The van der Waals surface area contributed by atoms with E-state index < -0.39 is 0 Å². The minimum absolute atomic E-state index is 0.155. The van der Waals surface area contributed by atoms with Crippen LogP contribution in [0.2, 0.25) is 0 Å². The van der Waals surface area contributed by atoms with Gasteiger partial charge in [-0.25, -0.2) is 4.98 Å². The van der Waals surface area contributed by atoms with Crippen LogP contribution in [0.25, 0.3) is 0 Å². The van der Waals surface area contributed by atoms with Gasteiger partial charge >= 0.3 is 0 Å². The van der Waals surface area contributed by atoms with Crippen LogP contribution in [0.3, 0.4) is 0 Å². The first-order chi connectivity index (χ1) is 9.81. The van der Waals surface area contributed by atoms with Crippen LogP contribution in [-0.4, -0.2) is 23.1 Å². The molecule has 1 aliphatic heterocycles. The van der Waals surface area contributed by atoms with Crippen LogP contribution in [0.15, 0.2) is 0 Å². The van der Waals surface area contributed by atoms with Gasteiger partial charge in [0.2, 0.25) is 0 Å². The van der Waals surface area contributed by atoms with Crippen LogP contribution in [0, 0.1) is 5.92 Å². The summed E-state index contributed by atoms with van der Waals surface area (Å²) in [5.74, 6) is 0.767. The van der Waals surface area contributed by atoms with Gasteiger partial charge in [0.15, 0.2) is 5.13 Å². The SMILES string of the molecule is CCc1nc(N2CCCC(C)C2C)sc1CNC(C)(C)C. The first-order valence-electron chi connectivity index (χ1n) is 8.32. The molecule has 0 aromatic carbocycles. The van der Waals surface area contributed by atoms with Crippen LogP contribution < -0.4 is 10.2 Å². The molecule has 2 rings (SSSR count). The molecule has 1 N–H and O–H groups in total. The van der Waals surface area contributed by atoms with E-state index in [-0.39, 0.29) is 5.54 Å². The quantitative estimate of drug-likeness (QED) is 0.902. The van der Waals surface area contributed by atoms with E-state index in [4.69, 9.17) is 4.98 Å². The summed E-state index contributed by atoms with van der Waals surface area (Å²) < 4.78 is 0. The minimum atomic E-state index is 0.155. The van der Waals surface area contributed by atoms with Gasteiger partial charge in [-0.3, -0.25) is 0 Å². The molecule has 0 spiro atoms. The lowest BCUT2D eigenvalue weighted by atomic mass is 9.93. The van der Waals surface area contributed by atoms with Crippen molar-refractivity contribution in [3.05, 3.63) is 10.6 Å². The van der Waals surface area contributed by atoms with Crippen molar-refractivity contribution < 1.29 is 0 Å². The lowest BCUT2D eigenvalue weighted by Crippen LogP contribution is -2.42. The van der Waals surface area contributed by atoms with Gasteiger partial charge in [0.1, 0.15) is 0 Å². The maximum atomic E-state index is 4.94. The van der Waals surface area contributed by atoms with Crippen molar-refractivity contribution >= 4 is 16.5 Å². The molecule has 1 saturated heterocycles. The van der Waals surface area contributed by atoms with E-state index in [1.165, 1.54) is 28.5 Å². The van der Waals surface area contributed by atoms with Crippen molar-refractivity contribution in [2.75, 3.05) is 11.4 Å². The van der Waals surface area contributed by atoms with Crippen LogP contribution in [-0.2, 0) is 13.0 Å². The number of hydrogen-bond donors (Lipinski definition) is 1. The molecule has 21 heavy (non-hydrogen) atoms. The summed E-state index contributed by atoms with van der Waals surface area (Å²) >= 11 is 1.89. The molecule has 1 fully saturated rings. The molecule has 1 aliphatic rings. The molecule has 2 unspecified atom stereocenters. The van der Waals surface area contributed by atoms with Crippen molar-refractivity contribution in [3.8, 4) is 0 Å². The zero-order valence-corrected chi connectivity index (χ0v) is 15.3. The number of rotatable bonds is 4. The van der Waals surface area contributed by atoms with Crippen molar-refractivity contribution in [3.63, 3.8) is 0 Å². The standard InChI is InChI=1S/C17H31N3S/c1-7-14-15(11-18-17(4,5)6)21-16(19-14)20-10-8-9-12(2)13(20)3/h12-13,18H,7-11H2,1-6H3. The highest BCUT2D eigenvalue weighted by atomic mass is 32.1. The first-order valence-corrected chi connectivity index (χ1v) is 9.13. The minimum Gasteiger partial charge on any atom is -0.345 e. The van der Waals surface area contributed by atoms with Crippen molar-refractivity contribution in [1.82, 2.24) is 10.3 Å². The van der Waals surface area contributed by atoms with Gasteiger partial charge in [0, 0.05) is 29.5 Å². The number of hydrogen-bond acceptors (Lipinski definition) is 4. The van der Waals surface area contributed by atoms with E-state index in [1.807, 2.05) is 11.3 Å². The maximum absolute atomic E-state index is 4.94. The zero-order chi connectivity index (χ0) is 15.6. The third-order valence-electron chi connectivity index (χ3n) is 4.50. The molecule has 3 nitrogen and oxygen atoms in total. The Morgan fingerprint density at radius 3 is 2.67 bits per heavy atom. The van der Waals surface area contributed by atoms with Crippen LogP contribution >= 0.6 is 11.3 Å². The lowest BCUT2D eigenvalue weighted by Gasteiger charge is -2.37. The van der Waals surface area contributed by atoms with Gasteiger partial charge in [0.05, 0.1) is 5.69 Å². The summed E-state index contributed by atoms with van der Waals surface area (Å²) in [4.78, 5) is 8.88. The third kappa shape index (κ3) is 4.19. The normalized spacial score (nSPS) is 23.6. The molecule has 2 heterocycles. The Hall–Kier alpha value is -0.610. The van der Waals surface area contributed by atoms with Crippen molar-refractivity contribution in [2.24, 2.45) is 5.92 Å². The number of nitrogens with one attached hydrogen (secondary N) is 1. The summed E-state index contributed by atoms with van der Waals surface area (Å²) in [5.41, 5.74) is 1.43. The molecule has 2 atom stereocenters. The van der Waals surface area contributed by atoms with Gasteiger partial charge in [-0.1, -0.05) is 13.8 Å². The summed E-state index contributed by atoms with van der Waals surface area (Å²) in [6.07, 6.45) is 3.67. The second-order valence-corrected chi connectivity index (χ2v) is 8.44. The topological polar surface area (TPSA) is 28.2 Å². The molecular weight excluding hydrogens is 278 g/mol. The zero-order valence-electron chi connectivity index (χ0n) is 14.5. The molecule has 120 valence electrons. The number of piperidine rings is 1. The predicted octanol–water partition coefficient (Wildman–Crippen LogP) is 4.22. The summed E-state index contributed by atoms with van der Waals surface area (Å²) in [6, 6.07) is 0.609. The Kier molecular flexibility index (Phi) is 5.31. The van der Waals surface area contributed by atoms with E-state index in [0.717, 1.165) is 25.4 Å². The Balaban J connectivity index is 2.16. The summed E-state index contributed by atoms with van der Waals surface area (Å²) in [5, 5.41) is 4.83. The Labute approximate surface area is 134 Å². The average Bonchev–Trinajstić information content (AvgIpc) is 2.82. The summed E-state index contributed by atoms with van der Waals surface area (Å²) in [6.45, 7) is 15.7. The highest BCUT2D eigenvalue weighted by molar-refractivity contribution is 7.15. The molecule has 1 aromatic heterocycles. The largest absolute Gasteiger partial charge is 0.345 e. The Morgan fingerprint density at radius 1 is 1.33 bits per heavy atom.